The molecule has 3 nitrogen and oxygen atoms in total. The van der Waals surface area contributed by atoms with Crippen molar-refractivity contribution in [2.45, 2.75) is 103 Å². The number of fused-ring (bicyclic) bond motifs is 6. The highest BCUT2D eigenvalue weighted by atomic mass is 16.3. The molecule has 6 aliphatic rings. The second-order valence-corrected chi connectivity index (χ2v) is 11.5. The van der Waals surface area contributed by atoms with Gasteiger partial charge in [0.1, 0.15) is 0 Å². The zero-order valence-electron chi connectivity index (χ0n) is 18.3. The Bertz CT molecular complexity index is 784. The quantitative estimate of drug-likeness (QED) is 0.600. The predicted octanol–water partition coefficient (Wildman–Crippen LogP) is 5.46. The van der Waals surface area contributed by atoms with Gasteiger partial charge in [-0.3, -0.25) is 4.99 Å². The molecule has 0 aromatic rings. The van der Waals surface area contributed by atoms with Crippen LogP contribution in [0.5, 0.6) is 0 Å². The van der Waals surface area contributed by atoms with E-state index in [0.29, 0.717) is 22.9 Å². The molecule has 1 N–H and O–H groups in total. The Morgan fingerprint density at radius 2 is 1.79 bits per heavy atom. The van der Waals surface area contributed by atoms with E-state index in [9.17, 15) is 5.11 Å². The highest BCUT2D eigenvalue weighted by molar-refractivity contribution is 5.63. The molecule has 0 saturated heterocycles. The van der Waals surface area contributed by atoms with Gasteiger partial charge >= 0.3 is 0 Å². The van der Waals surface area contributed by atoms with Gasteiger partial charge in [0.15, 0.2) is 0 Å². The van der Waals surface area contributed by atoms with Crippen molar-refractivity contribution in [2.75, 3.05) is 0 Å². The maximum atomic E-state index is 10.2. The van der Waals surface area contributed by atoms with Crippen LogP contribution in [0, 0.1) is 28.6 Å². The van der Waals surface area contributed by atoms with Crippen LogP contribution in [0.4, 0.5) is 0 Å². The second kappa shape index (κ2) is 6.45. The van der Waals surface area contributed by atoms with Crippen molar-refractivity contribution >= 4 is 6.34 Å². The summed E-state index contributed by atoms with van der Waals surface area (Å²) in [5.41, 5.74) is 3.88. The third-order valence-corrected chi connectivity index (χ3v) is 10.3. The van der Waals surface area contributed by atoms with Gasteiger partial charge < -0.3 is 10.0 Å². The van der Waals surface area contributed by atoms with Crippen LogP contribution in [0.25, 0.3) is 0 Å². The first-order valence-electron chi connectivity index (χ1n) is 12.4. The van der Waals surface area contributed by atoms with Crippen molar-refractivity contribution in [3.63, 3.8) is 0 Å². The van der Waals surface area contributed by atoms with Gasteiger partial charge in [-0.25, -0.2) is 0 Å². The van der Waals surface area contributed by atoms with Crippen LogP contribution < -0.4 is 0 Å². The Labute approximate surface area is 176 Å². The van der Waals surface area contributed by atoms with E-state index in [4.69, 9.17) is 4.99 Å². The molecule has 3 saturated carbocycles. The van der Waals surface area contributed by atoms with Crippen molar-refractivity contribution in [3.05, 3.63) is 23.4 Å². The summed E-state index contributed by atoms with van der Waals surface area (Å²) in [7, 11) is 0. The minimum absolute atomic E-state index is 0.0997. The number of aliphatic imine (C=N–C) groups is 1. The molecule has 0 aromatic carbocycles. The average Bonchev–Trinajstić information content (AvgIpc) is 3.29. The molecule has 158 valence electrons. The minimum atomic E-state index is -0.0997. The van der Waals surface area contributed by atoms with Crippen LogP contribution >= 0.6 is 0 Å². The smallest absolute Gasteiger partial charge is 0.0899 e. The molecule has 0 radical (unpaired) electrons. The fourth-order valence-corrected chi connectivity index (χ4v) is 8.66. The van der Waals surface area contributed by atoms with E-state index in [1.165, 1.54) is 57.8 Å². The van der Waals surface area contributed by atoms with E-state index in [0.717, 1.165) is 30.6 Å². The topological polar surface area (TPSA) is 35.8 Å². The van der Waals surface area contributed by atoms with Gasteiger partial charge in [0.2, 0.25) is 0 Å². The molecule has 4 unspecified atom stereocenters. The van der Waals surface area contributed by atoms with Crippen molar-refractivity contribution in [2.24, 2.45) is 33.6 Å². The SMILES string of the molecule is C[C@]12CC[C@H](O)CC1=CCC1C2CC[C@]2(C)C(N3C=NC4CCCC[C@@H]43)=CCC12. The molecular weight excluding hydrogens is 356 g/mol. The Morgan fingerprint density at radius 1 is 0.966 bits per heavy atom. The van der Waals surface area contributed by atoms with Gasteiger partial charge in [-0.1, -0.05) is 44.4 Å². The number of rotatable bonds is 1. The second-order valence-electron chi connectivity index (χ2n) is 11.5. The Kier molecular flexibility index (Phi) is 4.15. The maximum absolute atomic E-state index is 10.2. The van der Waals surface area contributed by atoms with Crippen LogP contribution in [0.2, 0.25) is 0 Å². The highest BCUT2D eigenvalue weighted by Crippen LogP contribution is 2.65. The molecule has 0 bridgehead atoms. The van der Waals surface area contributed by atoms with E-state index in [-0.39, 0.29) is 6.10 Å². The first-order valence-corrected chi connectivity index (χ1v) is 12.4. The van der Waals surface area contributed by atoms with Gasteiger partial charge in [-0.05, 0) is 81.0 Å². The number of aliphatic hydroxyl groups is 1. The molecule has 0 aromatic heterocycles. The Balaban J connectivity index is 1.28. The summed E-state index contributed by atoms with van der Waals surface area (Å²) < 4.78 is 0. The summed E-state index contributed by atoms with van der Waals surface area (Å²) >= 11 is 0. The molecule has 0 amide bonds. The molecule has 3 heteroatoms. The molecular formula is C26H38N2O. The lowest BCUT2D eigenvalue weighted by Gasteiger charge is -2.58. The van der Waals surface area contributed by atoms with E-state index in [1.807, 2.05) is 0 Å². The summed E-state index contributed by atoms with van der Waals surface area (Å²) in [6, 6.07) is 1.19. The molecule has 6 rings (SSSR count). The Hall–Kier alpha value is -1.09. The van der Waals surface area contributed by atoms with Crippen molar-refractivity contribution in [1.82, 2.24) is 4.90 Å². The number of aliphatic hydroxyl groups excluding tert-OH is 1. The molecule has 5 aliphatic carbocycles. The van der Waals surface area contributed by atoms with Gasteiger partial charge in [-0.15, -0.1) is 0 Å². The number of nitrogens with zero attached hydrogens (tertiary/aromatic N) is 2. The number of hydrogen-bond donors (Lipinski definition) is 1. The summed E-state index contributed by atoms with van der Waals surface area (Å²) in [4.78, 5) is 7.56. The fourth-order valence-electron chi connectivity index (χ4n) is 8.66. The molecule has 3 fully saturated rings. The van der Waals surface area contributed by atoms with Gasteiger partial charge in [-0.2, -0.15) is 0 Å². The molecule has 29 heavy (non-hydrogen) atoms. The average molecular weight is 395 g/mol. The van der Waals surface area contributed by atoms with E-state index >= 15 is 0 Å². The van der Waals surface area contributed by atoms with Gasteiger partial charge in [0.25, 0.3) is 0 Å². The summed E-state index contributed by atoms with van der Waals surface area (Å²) in [6.07, 6.45) is 20.9. The highest BCUT2D eigenvalue weighted by Gasteiger charge is 2.58. The lowest BCUT2D eigenvalue weighted by molar-refractivity contribution is -0.0348. The molecule has 8 atom stereocenters. The third-order valence-electron chi connectivity index (χ3n) is 10.3. The first kappa shape index (κ1) is 18.7. The number of hydrogen-bond acceptors (Lipinski definition) is 3. The van der Waals surface area contributed by atoms with Crippen molar-refractivity contribution in [1.29, 1.82) is 0 Å². The van der Waals surface area contributed by atoms with E-state index in [2.05, 4.69) is 37.2 Å². The largest absolute Gasteiger partial charge is 0.393 e. The molecule has 1 aliphatic heterocycles. The van der Waals surface area contributed by atoms with Crippen molar-refractivity contribution < 1.29 is 5.11 Å². The fraction of sp³-hybridized carbons (Fsp3) is 0.808. The maximum Gasteiger partial charge on any atom is 0.0899 e. The monoisotopic (exact) mass is 394 g/mol. The third kappa shape index (κ3) is 2.55. The summed E-state index contributed by atoms with van der Waals surface area (Å²) in [5.74, 6) is 2.41. The van der Waals surface area contributed by atoms with Crippen LogP contribution in [0.3, 0.4) is 0 Å². The van der Waals surface area contributed by atoms with E-state index in [1.54, 1.807) is 11.3 Å². The lowest BCUT2D eigenvalue weighted by Crippen LogP contribution is -2.51. The normalized spacial score (nSPS) is 50.9. The molecule has 1 heterocycles. The first-order chi connectivity index (χ1) is 14.0. The zero-order chi connectivity index (χ0) is 19.8. The lowest BCUT2D eigenvalue weighted by atomic mass is 9.47. The van der Waals surface area contributed by atoms with Gasteiger partial charge in [0, 0.05) is 11.1 Å². The predicted molar refractivity (Wildman–Crippen MR) is 118 cm³/mol. The number of allylic oxidation sites excluding steroid dienone is 3. The molecule has 0 spiro atoms. The zero-order valence-corrected chi connectivity index (χ0v) is 18.3. The van der Waals surface area contributed by atoms with Gasteiger partial charge in [0.05, 0.1) is 24.5 Å². The summed E-state index contributed by atoms with van der Waals surface area (Å²) in [6.45, 7) is 5.12. The van der Waals surface area contributed by atoms with Crippen LogP contribution in [0.1, 0.15) is 84.5 Å². The van der Waals surface area contributed by atoms with Crippen molar-refractivity contribution in [3.8, 4) is 0 Å². The van der Waals surface area contributed by atoms with Crippen LogP contribution in [-0.4, -0.2) is 34.5 Å². The van der Waals surface area contributed by atoms with Crippen LogP contribution in [0.15, 0.2) is 28.4 Å². The Morgan fingerprint density at radius 3 is 2.69 bits per heavy atom. The standard InChI is InChI=1S/C26H38N2O/c1-25-13-11-18(29)15-17(25)7-8-19-20-9-10-24(26(20,2)14-12-21(19)25)28-16-27-22-5-3-4-6-23(22)28/h7,10,16,18-23,29H,3-6,8-9,11-15H2,1-2H3/t18-,19?,20?,21?,22?,23-,25-,26-/m0/s1. The summed E-state index contributed by atoms with van der Waals surface area (Å²) in [5, 5.41) is 10.2. The van der Waals surface area contributed by atoms with Crippen LogP contribution in [-0.2, 0) is 0 Å². The van der Waals surface area contributed by atoms with E-state index < -0.39 is 0 Å². The minimum Gasteiger partial charge on any atom is -0.393 e.